The summed E-state index contributed by atoms with van der Waals surface area (Å²) in [6.07, 6.45) is 5.19. The average molecular weight is 298 g/mol. The van der Waals surface area contributed by atoms with Gasteiger partial charge in [0.1, 0.15) is 5.75 Å². The van der Waals surface area contributed by atoms with Crippen LogP contribution in [0.4, 0.5) is 0 Å². The third-order valence-electron chi connectivity index (χ3n) is 4.50. The number of benzene rings is 2. The molecule has 0 bridgehead atoms. The van der Waals surface area contributed by atoms with Crippen molar-refractivity contribution in [2.24, 2.45) is 0 Å². The number of fused-ring (bicyclic) bond motifs is 5. The first-order chi connectivity index (χ1) is 10.3. The summed E-state index contributed by atoms with van der Waals surface area (Å²) in [4.78, 5) is 0. The Bertz CT molecular complexity index is 738. The van der Waals surface area contributed by atoms with E-state index in [1.807, 2.05) is 12.3 Å². The van der Waals surface area contributed by atoms with Crippen LogP contribution >= 0.6 is 11.6 Å². The Morgan fingerprint density at radius 3 is 2.90 bits per heavy atom. The molecule has 0 saturated carbocycles. The van der Waals surface area contributed by atoms with E-state index in [4.69, 9.17) is 16.3 Å². The topological polar surface area (TPSA) is 21.3 Å². The summed E-state index contributed by atoms with van der Waals surface area (Å²) in [6.45, 7) is 0. The Balaban J connectivity index is 1.93. The van der Waals surface area contributed by atoms with Crippen molar-refractivity contribution >= 4 is 17.7 Å². The number of halogens is 1. The summed E-state index contributed by atoms with van der Waals surface area (Å²) < 4.78 is 5.41. The Morgan fingerprint density at radius 1 is 1.19 bits per heavy atom. The van der Waals surface area contributed by atoms with Crippen LogP contribution in [0.15, 0.2) is 42.6 Å². The molecule has 1 aliphatic heterocycles. The van der Waals surface area contributed by atoms with Gasteiger partial charge >= 0.3 is 0 Å². The second-order valence-corrected chi connectivity index (χ2v) is 6.01. The van der Waals surface area contributed by atoms with Crippen LogP contribution in [0, 0.1) is 0 Å². The van der Waals surface area contributed by atoms with E-state index in [0.29, 0.717) is 17.0 Å². The van der Waals surface area contributed by atoms with Crippen molar-refractivity contribution in [3.8, 4) is 5.75 Å². The predicted molar refractivity (Wildman–Crippen MR) is 86.0 cm³/mol. The monoisotopic (exact) mass is 297 g/mol. The zero-order valence-electron chi connectivity index (χ0n) is 11.8. The minimum atomic E-state index is 0.345. The molecule has 2 aliphatic rings. The van der Waals surface area contributed by atoms with E-state index in [0.717, 1.165) is 17.7 Å². The molecule has 1 aliphatic carbocycles. The van der Waals surface area contributed by atoms with E-state index in [-0.39, 0.29) is 0 Å². The minimum Gasteiger partial charge on any atom is -0.495 e. The van der Waals surface area contributed by atoms with Crippen molar-refractivity contribution in [1.82, 2.24) is 5.32 Å². The van der Waals surface area contributed by atoms with Gasteiger partial charge in [0.2, 0.25) is 0 Å². The Labute approximate surface area is 129 Å². The molecule has 0 aromatic heterocycles. The Kier molecular flexibility index (Phi) is 2.93. The Morgan fingerprint density at radius 2 is 2.05 bits per heavy atom. The van der Waals surface area contributed by atoms with Crippen molar-refractivity contribution in [3.63, 3.8) is 0 Å². The third kappa shape index (κ3) is 1.94. The highest BCUT2D eigenvalue weighted by molar-refractivity contribution is 6.32. The number of hydrogen-bond acceptors (Lipinski definition) is 2. The average Bonchev–Trinajstić information content (AvgIpc) is 2.77. The van der Waals surface area contributed by atoms with Crippen LogP contribution in [-0.4, -0.2) is 13.2 Å². The highest BCUT2D eigenvalue weighted by atomic mass is 35.5. The van der Waals surface area contributed by atoms with Gasteiger partial charge in [0.05, 0.1) is 12.1 Å². The highest BCUT2D eigenvalue weighted by Gasteiger charge is 2.35. The summed E-state index contributed by atoms with van der Waals surface area (Å²) in [5.74, 6) is 1.09. The molecule has 3 heteroatoms. The summed E-state index contributed by atoms with van der Waals surface area (Å²) in [5.41, 5.74) is 5.28. The fraction of sp³-hybridized carbons (Fsp3) is 0.222. The quantitative estimate of drug-likeness (QED) is 0.860. The molecule has 0 saturated heterocycles. The van der Waals surface area contributed by atoms with Crippen LogP contribution in [0.2, 0.25) is 5.02 Å². The first-order valence-corrected chi connectivity index (χ1v) is 7.53. The molecule has 1 N–H and O–H groups in total. The molecule has 2 atom stereocenters. The van der Waals surface area contributed by atoms with Crippen molar-refractivity contribution in [3.05, 3.63) is 69.9 Å². The molecule has 0 radical (unpaired) electrons. The molecule has 1 heterocycles. The molecule has 2 aromatic carbocycles. The minimum absolute atomic E-state index is 0.345. The molecule has 4 rings (SSSR count). The van der Waals surface area contributed by atoms with Gasteiger partial charge < -0.3 is 10.1 Å². The molecular formula is C18H16ClNO. The second-order valence-electron chi connectivity index (χ2n) is 5.60. The van der Waals surface area contributed by atoms with Crippen LogP contribution in [0.25, 0.3) is 6.08 Å². The first kappa shape index (κ1) is 12.8. The molecule has 0 amide bonds. The molecule has 2 aromatic rings. The summed E-state index contributed by atoms with van der Waals surface area (Å²) >= 11 is 6.28. The van der Waals surface area contributed by atoms with Crippen molar-refractivity contribution in [2.45, 2.75) is 18.4 Å². The van der Waals surface area contributed by atoms with E-state index in [1.165, 1.54) is 16.7 Å². The third-order valence-corrected chi connectivity index (χ3v) is 4.79. The van der Waals surface area contributed by atoms with Gasteiger partial charge in [0.15, 0.2) is 0 Å². The van der Waals surface area contributed by atoms with Gasteiger partial charge in [-0.05, 0) is 53.1 Å². The zero-order valence-corrected chi connectivity index (χ0v) is 12.5. The normalized spacial score (nSPS) is 21.8. The van der Waals surface area contributed by atoms with E-state index in [1.54, 1.807) is 7.11 Å². The maximum Gasteiger partial charge on any atom is 0.137 e. The molecule has 2 nitrogen and oxygen atoms in total. The van der Waals surface area contributed by atoms with Gasteiger partial charge in [-0.2, -0.15) is 0 Å². The van der Waals surface area contributed by atoms with E-state index in [2.05, 4.69) is 41.7 Å². The van der Waals surface area contributed by atoms with Gasteiger partial charge in [-0.3, -0.25) is 0 Å². The van der Waals surface area contributed by atoms with Gasteiger partial charge in [-0.15, -0.1) is 0 Å². The lowest BCUT2D eigenvalue weighted by molar-refractivity contribution is 0.414. The zero-order chi connectivity index (χ0) is 14.4. The molecular weight excluding hydrogens is 282 g/mol. The summed E-state index contributed by atoms with van der Waals surface area (Å²) in [5, 5.41) is 4.19. The Hall–Kier alpha value is -1.93. The molecule has 0 fully saturated rings. The number of ether oxygens (including phenoxy) is 1. The fourth-order valence-electron chi connectivity index (χ4n) is 3.55. The first-order valence-electron chi connectivity index (χ1n) is 7.16. The predicted octanol–water partition coefficient (Wildman–Crippen LogP) is 3.98. The number of nitrogens with one attached hydrogen (secondary N) is 1. The standard InChI is InChI=1S/C18H16ClNO/c1-21-17-10-14-12(8-15(17)19)6-7-20-16-9-11-4-2-3-5-13(11)18(14)16/h2-8,10,16,18,20H,9H2,1H3/t16-,18+/m1/s1. The van der Waals surface area contributed by atoms with Crippen molar-refractivity contribution in [1.29, 1.82) is 0 Å². The van der Waals surface area contributed by atoms with Crippen LogP contribution in [0.5, 0.6) is 5.75 Å². The van der Waals surface area contributed by atoms with Gasteiger partial charge in [0.25, 0.3) is 0 Å². The smallest absolute Gasteiger partial charge is 0.137 e. The van der Waals surface area contributed by atoms with Crippen LogP contribution < -0.4 is 10.1 Å². The largest absolute Gasteiger partial charge is 0.495 e. The maximum absolute atomic E-state index is 6.28. The van der Waals surface area contributed by atoms with Gasteiger partial charge in [-0.25, -0.2) is 0 Å². The van der Waals surface area contributed by atoms with E-state index < -0.39 is 0 Å². The highest BCUT2D eigenvalue weighted by Crippen LogP contribution is 2.43. The summed E-state index contributed by atoms with van der Waals surface area (Å²) in [7, 11) is 1.67. The second kappa shape index (κ2) is 4.81. The van der Waals surface area contributed by atoms with Crippen LogP contribution in [0.3, 0.4) is 0 Å². The number of methoxy groups -OCH3 is 1. The molecule has 106 valence electrons. The number of rotatable bonds is 1. The SMILES string of the molecule is COc1cc2c(cc1Cl)C=CN[C@@H]1Cc3ccccc3[C@@H]21. The van der Waals surface area contributed by atoms with Crippen molar-refractivity contribution in [2.75, 3.05) is 7.11 Å². The molecule has 21 heavy (non-hydrogen) atoms. The van der Waals surface area contributed by atoms with E-state index in [9.17, 15) is 0 Å². The summed E-state index contributed by atoms with van der Waals surface area (Å²) in [6, 6.07) is 13.2. The van der Waals surface area contributed by atoms with Gasteiger partial charge in [-0.1, -0.05) is 35.9 Å². The lowest BCUT2D eigenvalue weighted by Crippen LogP contribution is -2.28. The van der Waals surface area contributed by atoms with Crippen LogP contribution in [0.1, 0.15) is 28.2 Å². The molecule has 0 spiro atoms. The lowest BCUT2D eigenvalue weighted by atomic mass is 9.87. The van der Waals surface area contributed by atoms with E-state index >= 15 is 0 Å². The fourth-order valence-corrected chi connectivity index (χ4v) is 3.80. The maximum atomic E-state index is 6.28. The molecule has 0 unspecified atom stereocenters. The number of hydrogen-bond donors (Lipinski definition) is 1. The lowest BCUT2D eigenvalue weighted by Gasteiger charge is -2.21. The van der Waals surface area contributed by atoms with Crippen LogP contribution in [-0.2, 0) is 6.42 Å². The van der Waals surface area contributed by atoms with Gasteiger partial charge in [0, 0.05) is 12.0 Å². The van der Waals surface area contributed by atoms with Crippen molar-refractivity contribution < 1.29 is 4.74 Å².